The predicted molar refractivity (Wildman–Crippen MR) is 66.2 cm³/mol. The van der Waals surface area contributed by atoms with Crippen LogP contribution in [0.3, 0.4) is 0 Å². The van der Waals surface area contributed by atoms with E-state index in [9.17, 15) is 0 Å². The van der Waals surface area contributed by atoms with E-state index in [0.717, 1.165) is 11.3 Å². The van der Waals surface area contributed by atoms with Crippen molar-refractivity contribution in [3.63, 3.8) is 0 Å². The summed E-state index contributed by atoms with van der Waals surface area (Å²) in [5.41, 5.74) is 1.81. The molecule has 0 aliphatic heterocycles. The Bertz CT molecular complexity index is 468. The molecule has 1 heterocycles. The Balaban J connectivity index is 1.95. The summed E-state index contributed by atoms with van der Waals surface area (Å²) in [6.07, 6.45) is 1.65. The first-order valence-corrected chi connectivity index (χ1v) is 5.73. The van der Waals surface area contributed by atoms with E-state index in [-0.39, 0.29) is 5.75 Å². The van der Waals surface area contributed by atoms with Crippen molar-refractivity contribution < 1.29 is 9.84 Å². The number of phenolic OH excluding ortho intramolecular Hbond substituents is 1. The van der Waals surface area contributed by atoms with Gasteiger partial charge in [0.1, 0.15) is 18.1 Å². The van der Waals surface area contributed by atoms with Crippen molar-refractivity contribution in [2.75, 3.05) is 0 Å². The molecule has 1 aromatic carbocycles. The van der Waals surface area contributed by atoms with Crippen LogP contribution in [0.5, 0.6) is 11.5 Å². The lowest BCUT2D eigenvalue weighted by Gasteiger charge is -2.06. The molecule has 3 nitrogen and oxygen atoms in total. The second-order valence-electron chi connectivity index (χ2n) is 3.57. The molecule has 1 aromatic heterocycles. The molecule has 0 amide bonds. The van der Waals surface area contributed by atoms with Crippen molar-refractivity contribution in [3.05, 3.63) is 53.9 Å². The molecule has 4 heteroatoms. The standard InChI is InChI=1S/C13H12ClNO2/c14-7-11-3-6-13(8-15-11)17-9-10-1-4-12(16)5-2-10/h1-6,8,16H,7,9H2. The van der Waals surface area contributed by atoms with Gasteiger partial charge in [-0.3, -0.25) is 4.98 Å². The third kappa shape index (κ3) is 3.36. The zero-order valence-electron chi connectivity index (χ0n) is 9.14. The maximum atomic E-state index is 9.14. The molecule has 0 saturated carbocycles. The number of phenols is 1. The van der Waals surface area contributed by atoms with Crippen LogP contribution >= 0.6 is 11.6 Å². The minimum atomic E-state index is 0.252. The lowest BCUT2D eigenvalue weighted by atomic mass is 10.2. The van der Waals surface area contributed by atoms with Crippen LogP contribution in [-0.4, -0.2) is 10.1 Å². The fourth-order valence-electron chi connectivity index (χ4n) is 1.33. The Hall–Kier alpha value is -1.74. The van der Waals surface area contributed by atoms with Crippen LogP contribution < -0.4 is 4.74 Å². The van der Waals surface area contributed by atoms with Gasteiger partial charge in [0.2, 0.25) is 0 Å². The number of benzene rings is 1. The molecular formula is C13H12ClNO2. The van der Waals surface area contributed by atoms with Crippen molar-refractivity contribution in [1.29, 1.82) is 0 Å². The molecule has 2 rings (SSSR count). The fraction of sp³-hybridized carbons (Fsp3) is 0.154. The third-order valence-corrected chi connectivity index (χ3v) is 2.55. The van der Waals surface area contributed by atoms with E-state index in [1.165, 1.54) is 0 Å². The Morgan fingerprint density at radius 3 is 2.47 bits per heavy atom. The maximum absolute atomic E-state index is 9.14. The van der Waals surface area contributed by atoms with E-state index in [2.05, 4.69) is 4.98 Å². The topological polar surface area (TPSA) is 42.4 Å². The van der Waals surface area contributed by atoms with E-state index in [1.54, 1.807) is 18.3 Å². The molecule has 0 unspecified atom stereocenters. The number of rotatable bonds is 4. The first-order valence-electron chi connectivity index (χ1n) is 5.19. The van der Waals surface area contributed by atoms with E-state index in [4.69, 9.17) is 21.4 Å². The molecule has 0 aliphatic carbocycles. The van der Waals surface area contributed by atoms with Crippen molar-refractivity contribution in [2.45, 2.75) is 12.5 Å². The number of hydrogen-bond acceptors (Lipinski definition) is 3. The van der Waals surface area contributed by atoms with Gasteiger partial charge in [0.05, 0.1) is 17.8 Å². The Labute approximate surface area is 105 Å². The van der Waals surface area contributed by atoms with E-state index in [1.807, 2.05) is 24.3 Å². The summed E-state index contributed by atoms with van der Waals surface area (Å²) in [6.45, 7) is 0.447. The van der Waals surface area contributed by atoms with Crippen LogP contribution in [0.4, 0.5) is 0 Å². The Kier molecular flexibility index (Phi) is 3.83. The fourth-order valence-corrected chi connectivity index (χ4v) is 1.49. The van der Waals surface area contributed by atoms with Gasteiger partial charge in [0, 0.05) is 0 Å². The second kappa shape index (κ2) is 5.55. The summed E-state index contributed by atoms with van der Waals surface area (Å²) in [4.78, 5) is 4.13. The highest BCUT2D eigenvalue weighted by molar-refractivity contribution is 6.16. The van der Waals surface area contributed by atoms with Gasteiger partial charge in [0.25, 0.3) is 0 Å². The molecule has 0 saturated heterocycles. The summed E-state index contributed by atoms with van der Waals surface area (Å²) in [5, 5.41) is 9.14. The maximum Gasteiger partial charge on any atom is 0.138 e. The van der Waals surface area contributed by atoms with Crippen molar-refractivity contribution in [1.82, 2.24) is 4.98 Å². The van der Waals surface area contributed by atoms with Crippen LogP contribution in [-0.2, 0) is 12.5 Å². The summed E-state index contributed by atoms with van der Waals surface area (Å²) in [5.74, 6) is 1.35. The Morgan fingerprint density at radius 1 is 1.12 bits per heavy atom. The van der Waals surface area contributed by atoms with Gasteiger partial charge in [0.15, 0.2) is 0 Å². The molecule has 0 fully saturated rings. The second-order valence-corrected chi connectivity index (χ2v) is 3.84. The van der Waals surface area contributed by atoms with E-state index in [0.29, 0.717) is 18.2 Å². The minimum Gasteiger partial charge on any atom is -0.508 e. The molecular weight excluding hydrogens is 238 g/mol. The van der Waals surface area contributed by atoms with Crippen LogP contribution in [0.25, 0.3) is 0 Å². The molecule has 0 radical (unpaired) electrons. The quantitative estimate of drug-likeness (QED) is 0.847. The summed E-state index contributed by atoms with van der Waals surface area (Å²) >= 11 is 5.64. The predicted octanol–water partition coefficient (Wildman–Crippen LogP) is 3.11. The first kappa shape index (κ1) is 11.7. The third-order valence-electron chi connectivity index (χ3n) is 2.28. The van der Waals surface area contributed by atoms with Crippen molar-refractivity contribution in [2.24, 2.45) is 0 Å². The van der Waals surface area contributed by atoms with Crippen molar-refractivity contribution in [3.8, 4) is 11.5 Å². The summed E-state index contributed by atoms with van der Waals surface area (Å²) in [6, 6.07) is 10.6. The van der Waals surface area contributed by atoms with Crippen LogP contribution in [0.2, 0.25) is 0 Å². The highest BCUT2D eigenvalue weighted by atomic mass is 35.5. The largest absolute Gasteiger partial charge is 0.508 e. The molecule has 0 aliphatic rings. The molecule has 1 N–H and O–H groups in total. The van der Waals surface area contributed by atoms with Gasteiger partial charge < -0.3 is 9.84 Å². The van der Waals surface area contributed by atoms with E-state index < -0.39 is 0 Å². The van der Waals surface area contributed by atoms with Gasteiger partial charge in [-0.1, -0.05) is 12.1 Å². The van der Waals surface area contributed by atoms with Gasteiger partial charge >= 0.3 is 0 Å². The molecule has 2 aromatic rings. The molecule has 0 atom stereocenters. The number of aromatic nitrogens is 1. The number of nitrogens with zero attached hydrogens (tertiary/aromatic N) is 1. The number of ether oxygens (including phenoxy) is 1. The Morgan fingerprint density at radius 2 is 1.88 bits per heavy atom. The normalized spacial score (nSPS) is 10.2. The average molecular weight is 250 g/mol. The van der Waals surface area contributed by atoms with Crippen molar-refractivity contribution >= 4 is 11.6 Å². The molecule has 17 heavy (non-hydrogen) atoms. The number of halogens is 1. The lowest BCUT2D eigenvalue weighted by Crippen LogP contribution is -1.96. The van der Waals surface area contributed by atoms with Gasteiger partial charge in [-0.25, -0.2) is 0 Å². The number of aromatic hydroxyl groups is 1. The molecule has 0 bridgehead atoms. The molecule has 88 valence electrons. The lowest BCUT2D eigenvalue weighted by molar-refractivity contribution is 0.304. The van der Waals surface area contributed by atoms with Gasteiger partial charge in [-0.15, -0.1) is 11.6 Å². The zero-order chi connectivity index (χ0) is 12.1. The van der Waals surface area contributed by atoms with Gasteiger partial charge in [-0.2, -0.15) is 0 Å². The monoisotopic (exact) mass is 249 g/mol. The van der Waals surface area contributed by atoms with Gasteiger partial charge in [-0.05, 0) is 29.8 Å². The van der Waals surface area contributed by atoms with Crippen LogP contribution in [0.1, 0.15) is 11.3 Å². The summed E-state index contributed by atoms with van der Waals surface area (Å²) < 4.78 is 5.54. The zero-order valence-corrected chi connectivity index (χ0v) is 9.89. The van der Waals surface area contributed by atoms with Crippen LogP contribution in [0.15, 0.2) is 42.6 Å². The number of alkyl halides is 1. The SMILES string of the molecule is Oc1ccc(COc2ccc(CCl)nc2)cc1. The number of hydrogen-bond donors (Lipinski definition) is 1. The van der Waals surface area contributed by atoms with Crippen LogP contribution in [0, 0.1) is 0 Å². The highest BCUT2D eigenvalue weighted by Gasteiger charge is 1.98. The average Bonchev–Trinajstić information content (AvgIpc) is 2.39. The smallest absolute Gasteiger partial charge is 0.138 e. The minimum absolute atomic E-state index is 0.252. The highest BCUT2D eigenvalue weighted by Crippen LogP contribution is 2.14. The number of pyridine rings is 1. The summed E-state index contributed by atoms with van der Waals surface area (Å²) in [7, 11) is 0. The molecule has 0 spiro atoms. The van der Waals surface area contributed by atoms with E-state index >= 15 is 0 Å². The first-order chi connectivity index (χ1) is 8.28.